The van der Waals surface area contributed by atoms with E-state index in [0.717, 1.165) is 12.5 Å². The first kappa shape index (κ1) is 11.7. The summed E-state index contributed by atoms with van der Waals surface area (Å²) < 4.78 is 0. The molecule has 1 N–H and O–H groups in total. The first-order chi connectivity index (χ1) is 6.68. The van der Waals surface area contributed by atoms with E-state index in [-0.39, 0.29) is 0 Å². The highest BCUT2D eigenvalue weighted by molar-refractivity contribution is 7.09. The van der Waals surface area contributed by atoms with Crippen molar-refractivity contribution in [2.45, 2.75) is 39.7 Å². The summed E-state index contributed by atoms with van der Waals surface area (Å²) in [5.74, 6) is 0.750. The summed E-state index contributed by atoms with van der Waals surface area (Å²) in [6.45, 7) is 7.80. The fourth-order valence-corrected chi connectivity index (χ4v) is 1.91. The standard InChI is InChI=1S/C11H20N2S/c1-9(2)13-6-10(3)4-5-11-7-12-8-14-11/h7-10,13H,4-6H2,1-3H3. The fraction of sp³-hybridized carbons (Fsp3) is 0.727. The number of nitrogens with zero attached hydrogens (tertiary/aromatic N) is 1. The molecule has 80 valence electrons. The topological polar surface area (TPSA) is 24.9 Å². The van der Waals surface area contributed by atoms with Crippen LogP contribution in [0.5, 0.6) is 0 Å². The third-order valence-corrected chi connectivity index (χ3v) is 3.08. The number of aromatic nitrogens is 1. The van der Waals surface area contributed by atoms with Crippen LogP contribution in [-0.2, 0) is 6.42 Å². The van der Waals surface area contributed by atoms with Crippen molar-refractivity contribution in [3.8, 4) is 0 Å². The van der Waals surface area contributed by atoms with Crippen LogP contribution >= 0.6 is 11.3 Å². The van der Waals surface area contributed by atoms with Crippen LogP contribution in [-0.4, -0.2) is 17.6 Å². The Morgan fingerprint density at radius 1 is 1.43 bits per heavy atom. The molecule has 1 atom stereocenters. The minimum atomic E-state index is 0.598. The minimum absolute atomic E-state index is 0.598. The Morgan fingerprint density at radius 3 is 2.79 bits per heavy atom. The zero-order valence-electron chi connectivity index (χ0n) is 9.29. The van der Waals surface area contributed by atoms with Gasteiger partial charge in [-0.05, 0) is 25.3 Å². The predicted octanol–water partition coefficient (Wildman–Crippen LogP) is 2.71. The van der Waals surface area contributed by atoms with Crippen molar-refractivity contribution in [3.05, 3.63) is 16.6 Å². The van der Waals surface area contributed by atoms with Crippen molar-refractivity contribution in [3.63, 3.8) is 0 Å². The number of thiazole rings is 1. The molecule has 0 spiro atoms. The van der Waals surface area contributed by atoms with Crippen molar-refractivity contribution in [2.24, 2.45) is 5.92 Å². The Hall–Kier alpha value is -0.410. The normalized spacial score (nSPS) is 13.4. The third kappa shape index (κ3) is 4.72. The van der Waals surface area contributed by atoms with Crippen LogP contribution in [0, 0.1) is 5.92 Å². The Morgan fingerprint density at radius 2 is 2.21 bits per heavy atom. The summed E-state index contributed by atoms with van der Waals surface area (Å²) in [6.07, 6.45) is 4.40. The van der Waals surface area contributed by atoms with E-state index in [2.05, 4.69) is 31.1 Å². The van der Waals surface area contributed by atoms with Gasteiger partial charge in [0.25, 0.3) is 0 Å². The van der Waals surface area contributed by atoms with Gasteiger partial charge in [0, 0.05) is 17.1 Å². The average molecular weight is 212 g/mol. The lowest BCUT2D eigenvalue weighted by Crippen LogP contribution is -2.27. The second kappa shape index (κ2) is 6.14. The maximum Gasteiger partial charge on any atom is 0.0794 e. The van der Waals surface area contributed by atoms with E-state index < -0.39 is 0 Å². The van der Waals surface area contributed by atoms with Crippen molar-refractivity contribution in [2.75, 3.05) is 6.54 Å². The summed E-state index contributed by atoms with van der Waals surface area (Å²) in [5.41, 5.74) is 1.91. The Labute approximate surface area is 90.8 Å². The quantitative estimate of drug-likeness (QED) is 0.784. The van der Waals surface area contributed by atoms with Gasteiger partial charge in [0.05, 0.1) is 5.51 Å². The Bertz CT molecular complexity index is 231. The monoisotopic (exact) mass is 212 g/mol. The van der Waals surface area contributed by atoms with Crippen molar-refractivity contribution in [1.29, 1.82) is 0 Å². The lowest BCUT2D eigenvalue weighted by Gasteiger charge is -2.14. The minimum Gasteiger partial charge on any atom is -0.314 e. The number of aryl methyl sites for hydroxylation is 1. The fourth-order valence-electron chi connectivity index (χ4n) is 1.29. The molecule has 0 aliphatic heterocycles. The number of hydrogen-bond donors (Lipinski definition) is 1. The second-order valence-electron chi connectivity index (χ2n) is 4.17. The number of hydrogen-bond acceptors (Lipinski definition) is 3. The maximum absolute atomic E-state index is 4.08. The van der Waals surface area contributed by atoms with Gasteiger partial charge in [-0.15, -0.1) is 11.3 Å². The summed E-state index contributed by atoms with van der Waals surface area (Å²) in [5, 5.41) is 3.46. The molecule has 0 amide bonds. The summed E-state index contributed by atoms with van der Waals surface area (Å²) in [6, 6.07) is 0.598. The largest absolute Gasteiger partial charge is 0.314 e. The molecule has 1 aromatic rings. The third-order valence-electron chi connectivity index (χ3n) is 2.24. The van der Waals surface area contributed by atoms with Gasteiger partial charge in [0.1, 0.15) is 0 Å². The van der Waals surface area contributed by atoms with Crippen LogP contribution < -0.4 is 5.32 Å². The second-order valence-corrected chi connectivity index (χ2v) is 5.15. The van der Waals surface area contributed by atoms with Gasteiger partial charge in [-0.2, -0.15) is 0 Å². The molecule has 1 aromatic heterocycles. The van der Waals surface area contributed by atoms with Crippen LogP contribution in [0.2, 0.25) is 0 Å². The van der Waals surface area contributed by atoms with Gasteiger partial charge >= 0.3 is 0 Å². The first-order valence-electron chi connectivity index (χ1n) is 5.29. The SMILES string of the molecule is CC(CCc1cncs1)CNC(C)C. The van der Waals surface area contributed by atoms with Crippen LogP contribution in [0.15, 0.2) is 11.7 Å². The van der Waals surface area contributed by atoms with Crippen LogP contribution in [0.25, 0.3) is 0 Å². The number of nitrogens with one attached hydrogen (secondary N) is 1. The van der Waals surface area contributed by atoms with E-state index in [4.69, 9.17) is 0 Å². The van der Waals surface area contributed by atoms with Crippen LogP contribution in [0.4, 0.5) is 0 Å². The Kier molecular flexibility index (Phi) is 5.12. The van der Waals surface area contributed by atoms with E-state index >= 15 is 0 Å². The highest BCUT2D eigenvalue weighted by atomic mass is 32.1. The predicted molar refractivity (Wildman–Crippen MR) is 62.7 cm³/mol. The Balaban J connectivity index is 2.12. The van der Waals surface area contributed by atoms with E-state index in [1.54, 1.807) is 11.3 Å². The van der Waals surface area contributed by atoms with Crippen molar-refractivity contribution in [1.82, 2.24) is 10.3 Å². The highest BCUT2D eigenvalue weighted by Gasteiger charge is 2.04. The lowest BCUT2D eigenvalue weighted by atomic mass is 10.1. The molecule has 1 heterocycles. The van der Waals surface area contributed by atoms with Crippen LogP contribution in [0.1, 0.15) is 32.1 Å². The molecule has 0 saturated heterocycles. The molecule has 1 unspecified atom stereocenters. The van der Waals surface area contributed by atoms with Crippen LogP contribution in [0.3, 0.4) is 0 Å². The van der Waals surface area contributed by atoms with E-state index in [9.17, 15) is 0 Å². The zero-order chi connectivity index (χ0) is 10.4. The van der Waals surface area contributed by atoms with Gasteiger partial charge in [-0.3, -0.25) is 4.98 Å². The smallest absolute Gasteiger partial charge is 0.0794 e. The van der Waals surface area contributed by atoms with Gasteiger partial charge < -0.3 is 5.32 Å². The molecule has 0 aromatic carbocycles. The molecular weight excluding hydrogens is 192 g/mol. The lowest BCUT2D eigenvalue weighted by molar-refractivity contribution is 0.454. The molecule has 0 radical (unpaired) electrons. The molecule has 1 rings (SSSR count). The highest BCUT2D eigenvalue weighted by Crippen LogP contribution is 2.12. The van der Waals surface area contributed by atoms with Gasteiger partial charge in [0.15, 0.2) is 0 Å². The molecule has 0 aliphatic carbocycles. The van der Waals surface area contributed by atoms with Crippen molar-refractivity contribution >= 4 is 11.3 Å². The molecule has 0 saturated carbocycles. The summed E-state index contributed by atoms with van der Waals surface area (Å²) in [4.78, 5) is 5.48. The molecule has 0 fully saturated rings. The molecule has 0 bridgehead atoms. The van der Waals surface area contributed by atoms with Crippen molar-refractivity contribution < 1.29 is 0 Å². The number of rotatable bonds is 6. The molecular formula is C11H20N2S. The molecule has 2 nitrogen and oxygen atoms in total. The molecule has 0 aliphatic rings. The van der Waals surface area contributed by atoms with E-state index in [1.807, 2.05) is 11.7 Å². The molecule has 3 heteroatoms. The zero-order valence-corrected chi connectivity index (χ0v) is 10.1. The maximum atomic E-state index is 4.08. The van der Waals surface area contributed by atoms with Gasteiger partial charge in [-0.1, -0.05) is 20.8 Å². The van der Waals surface area contributed by atoms with E-state index in [1.165, 1.54) is 17.7 Å². The average Bonchev–Trinajstić information content (AvgIpc) is 2.63. The summed E-state index contributed by atoms with van der Waals surface area (Å²) >= 11 is 1.76. The molecule has 14 heavy (non-hydrogen) atoms. The van der Waals surface area contributed by atoms with Gasteiger partial charge in [0.2, 0.25) is 0 Å². The summed E-state index contributed by atoms with van der Waals surface area (Å²) in [7, 11) is 0. The van der Waals surface area contributed by atoms with Gasteiger partial charge in [-0.25, -0.2) is 0 Å². The van der Waals surface area contributed by atoms with E-state index in [0.29, 0.717) is 6.04 Å². The first-order valence-corrected chi connectivity index (χ1v) is 6.17.